The van der Waals surface area contributed by atoms with Crippen LogP contribution in [0.2, 0.25) is 0 Å². The highest BCUT2D eigenvalue weighted by Crippen LogP contribution is 2.30. The number of hydrogen-bond acceptors (Lipinski definition) is 8. The minimum absolute atomic E-state index is 0.0132. The maximum absolute atomic E-state index is 10.1. The molecule has 1 saturated heterocycles. The second kappa shape index (κ2) is 12.0. The Morgan fingerprint density at radius 2 is 1.68 bits per heavy atom. The Bertz CT molecular complexity index is 890. The fourth-order valence-electron chi connectivity index (χ4n) is 4.40. The standard InChI is InChI=1S/C26H40N4O4/c1-26(2,3)19-13-18(25-28-10-8-11-29-25)14-20(15-19)27-9-6-4-5-7-12-30-16-22(32)24(34)23(33)21(30)17-31/h8,10-11,13-15,21-24,27,31-34H,4-7,9,12,16-17H2,1-3H3. The molecule has 188 valence electrons. The highest BCUT2D eigenvalue weighted by Gasteiger charge is 2.40. The Balaban J connectivity index is 1.47. The van der Waals surface area contributed by atoms with Crippen molar-refractivity contribution in [3.05, 3.63) is 42.2 Å². The molecule has 5 N–H and O–H groups in total. The van der Waals surface area contributed by atoms with E-state index in [0.717, 1.165) is 49.3 Å². The van der Waals surface area contributed by atoms with Crippen LogP contribution in [0.15, 0.2) is 36.7 Å². The molecule has 0 aliphatic carbocycles. The lowest BCUT2D eigenvalue weighted by molar-refractivity contribution is -0.145. The molecule has 1 fully saturated rings. The van der Waals surface area contributed by atoms with Crippen molar-refractivity contribution in [3.63, 3.8) is 0 Å². The Morgan fingerprint density at radius 1 is 0.971 bits per heavy atom. The van der Waals surface area contributed by atoms with Gasteiger partial charge in [0.15, 0.2) is 5.82 Å². The number of anilines is 1. The van der Waals surface area contributed by atoms with Crippen molar-refractivity contribution >= 4 is 5.69 Å². The highest BCUT2D eigenvalue weighted by atomic mass is 16.4. The van der Waals surface area contributed by atoms with Gasteiger partial charge in [-0.1, -0.05) is 33.6 Å². The predicted molar refractivity (Wildman–Crippen MR) is 134 cm³/mol. The largest absolute Gasteiger partial charge is 0.395 e. The first-order valence-corrected chi connectivity index (χ1v) is 12.3. The first-order chi connectivity index (χ1) is 16.2. The summed E-state index contributed by atoms with van der Waals surface area (Å²) in [7, 11) is 0. The molecule has 8 nitrogen and oxygen atoms in total. The van der Waals surface area contributed by atoms with Crippen molar-refractivity contribution in [1.82, 2.24) is 14.9 Å². The maximum atomic E-state index is 10.1. The molecule has 1 aliphatic heterocycles. The third kappa shape index (κ3) is 6.96. The fourth-order valence-corrected chi connectivity index (χ4v) is 4.40. The van der Waals surface area contributed by atoms with E-state index in [0.29, 0.717) is 6.54 Å². The molecule has 4 unspecified atom stereocenters. The summed E-state index contributed by atoms with van der Waals surface area (Å²) in [5.41, 5.74) is 3.31. The van der Waals surface area contributed by atoms with E-state index in [2.05, 4.69) is 54.3 Å². The zero-order valence-electron chi connectivity index (χ0n) is 20.6. The van der Waals surface area contributed by atoms with Crippen LogP contribution in [0.5, 0.6) is 0 Å². The van der Waals surface area contributed by atoms with Gasteiger partial charge in [0, 0.05) is 36.7 Å². The van der Waals surface area contributed by atoms with Gasteiger partial charge >= 0.3 is 0 Å². The molecule has 4 atom stereocenters. The fraction of sp³-hybridized carbons (Fsp3) is 0.615. The number of unbranched alkanes of at least 4 members (excludes halogenated alkanes) is 3. The van der Waals surface area contributed by atoms with E-state index in [1.807, 2.05) is 11.0 Å². The quantitative estimate of drug-likeness (QED) is 0.334. The molecule has 8 heteroatoms. The molecular weight excluding hydrogens is 432 g/mol. The number of piperidine rings is 1. The number of aromatic nitrogens is 2. The van der Waals surface area contributed by atoms with Crippen LogP contribution in [-0.4, -0.2) is 85.9 Å². The van der Waals surface area contributed by atoms with E-state index in [9.17, 15) is 20.4 Å². The first kappa shape index (κ1) is 26.5. The van der Waals surface area contributed by atoms with Gasteiger partial charge in [0.05, 0.1) is 18.8 Å². The van der Waals surface area contributed by atoms with E-state index < -0.39 is 24.4 Å². The van der Waals surface area contributed by atoms with Crippen LogP contribution < -0.4 is 5.32 Å². The van der Waals surface area contributed by atoms with Crippen LogP contribution in [0, 0.1) is 0 Å². The van der Waals surface area contributed by atoms with Gasteiger partial charge in [-0.15, -0.1) is 0 Å². The van der Waals surface area contributed by atoms with Crippen molar-refractivity contribution in [1.29, 1.82) is 0 Å². The van der Waals surface area contributed by atoms with Gasteiger partial charge in [-0.05, 0) is 54.6 Å². The van der Waals surface area contributed by atoms with Crippen molar-refractivity contribution in [2.45, 2.75) is 76.2 Å². The Morgan fingerprint density at radius 3 is 2.35 bits per heavy atom. The lowest BCUT2D eigenvalue weighted by Crippen LogP contribution is -2.62. The van der Waals surface area contributed by atoms with Gasteiger partial charge in [-0.3, -0.25) is 4.90 Å². The van der Waals surface area contributed by atoms with E-state index in [1.165, 1.54) is 5.56 Å². The number of likely N-dealkylation sites (tertiary alicyclic amines) is 1. The summed E-state index contributed by atoms with van der Waals surface area (Å²) in [5.74, 6) is 0.721. The lowest BCUT2D eigenvalue weighted by Gasteiger charge is -2.43. The molecular formula is C26H40N4O4. The van der Waals surface area contributed by atoms with Crippen LogP contribution in [0.1, 0.15) is 52.0 Å². The zero-order chi connectivity index (χ0) is 24.7. The Kier molecular flexibility index (Phi) is 9.39. The number of aliphatic hydroxyl groups is 4. The van der Waals surface area contributed by atoms with Gasteiger partial charge < -0.3 is 25.7 Å². The number of β-amino-alcohol motifs (C(OH)–C–C–N with tert-alkyl or cyclic N) is 1. The second-order valence-corrected chi connectivity index (χ2v) is 10.3. The lowest BCUT2D eigenvalue weighted by atomic mass is 9.85. The maximum Gasteiger partial charge on any atom is 0.159 e. The molecule has 1 aromatic carbocycles. The normalized spacial score (nSPS) is 23.7. The molecule has 2 aromatic rings. The van der Waals surface area contributed by atoms with Gasteiger partial charge in [0.1, 0.15) is 12.2 Å². The van der Waals surface area contributed by atoms with Crippen molar-refractivity contribution in [2.75, 3.05) is 31.6 Å². The van der Waals surface area contributed by atoms with Crippen LogP contribution >= 0.6 is 0 Å². The molecule has 0 spiro atoms. The zero-order valence-corrected chi connectivity index (χ0v) is 20.6. The van der Waals surface area contributed by atoms with E-state index in [1.54, 1.807) is 12.4 Å². The van der Waals surface area contributed by atoms with E-state index in [4.69, 9.17) is 0 Å². The summed E-state index contributed by atoms with van der Waals surface area (Å²) in [6.45, 7) is 8.16. The summed E-state index contributed by atoms with van der Waals surface area (Å²) in [6, 6.07) is 7.74. The van der Waals surface area contributed by atoms with Crippen LogP contribution in [0.3, 0.4) is 0 Å². The number of nitrogens with one attached hydrogen (secondary N) is 1. The van der Waals surface area contributed by atoms with Crippen LogP contribution in [0.4, 0.5) is 5.69 Å². The molecule has 2 heterocycles. The third-order valence-corrected chi connectivity index (χ3v) is 6.54. The summed E-state index contributed by atoms with van der Waals surface area (Å²) in [5, 5.41) is 43.0. The molecule has 1 aliphatic rings. The topological polar surface area (TPSA) is 122 Å². The SMILES string of the molecule is CC(C)(C)c1cc(NCCCCCCN2CC(O)C(O)C(O)C2CO)cc(-c2ncccn2)c1. The average molecular weight is 473 g/mol. The monoisotopic (exact) mass is 472 g/mol. The van der Waals surface area contributed by atoms with E-state index in [-0.39, 0.29) is 18.6 Å². The molecule has 1 aromatic heterocycles. The average Bonchev–Trinajstić information content (AvgIpc) is 2.82. The van der Waals surface area contributed by atoms with Crippen LogP contribution in [-0.2, 0) is 5.41 Å². The Labute approximate surface area is 202 Å². The first-order valence-electron chi connectivity index (χ1n) is 12.3. The number of rotatable bonds is 10. The smallest absolute Gasteiger partial charge is 0.159 e. The molecule has 34 heavy (non-hydrogen) atoms. The van der Waals surface area contributed by atoms with Crippen molar-refractivity contribution < 1.29 is 20.4 Å². The molecule has 3 rings (SSSR count). The number of nitrogens with zero attached hydrogens (tertiary/aromatic N) is 3. The molecule has 0 radical (unpaired) electrons. The Hall–Kier alpha value is -2.10. The molecule has 0 saturated carbocycles. The summed E-state index contributed by atoms with van der Waals surface area (Å²) in [6.07, 6.45) is 4.17. The van der Waals surface area contributed by atoms with Crippen molar-refractivity contribution in [3.8, 4) is 11.4 Å². The van der Waals surface area contributed by atoms with Gasteiger partial charge in [-0.25, -0.2) is 9.97 Å². The summed E-state index contributed by atoms with van der Waals surface area (Å²) in [4.78, 5) is 10.7. The summed E-state index contributed by atoms with van der Waals surface area (Å²) < 4.78 is 0. The number of hydrogen-bond donors (Lipinski definition) is 5. The van der Waals surface area contributed by atoms with Gasteiger partial charge in [0.25, 0.3) is 0 Å². The number of aliphatic hydroxyl groups excluding tert-OH is 4. The van der Waals surface area contributed by atoms with Crippen molar-refractivity contribution in [2.24, 2.45) is 0 Å². The number of benzene rings is 1. The molecule has 0 bridgehead atoms. The van der Waals surface area contributed by atoms with Gasteiger partial charge in [-0.2, -0.15) is 0 Å². The third-order valence-electron chi connectivity index (χ3n) is 6.54. The molecule has 0 amide bonds. The second-order valence-electron chi connectivity index (χ2n) is 10.3. The predicted octanol–water partition coefficient (Wildman–Crippen LogP) is 2.17. The van der Waals surface area contributed by atoms with Gasteiger partial charge in [0.2, 0.25) is 0 Å². The van der Waals surface area contributed by atoms with E-state index >= 15 is 0 Å². The highest BCUT2D eigenvalue weighted by molar-refractivity contribution is 5.65. The minimum atomic E-state index is -1.20. The minimum Gasteiger partial charge on any atom is -0.395 e. The summed E-state index contributed by atoms with van der Waals surface area (Å²) >= 11 is 0. The van der Waals surface area contributed by atoms with Crippen LogP contribution in [0.25, 0.3) is 11.4 Å².